The number of aromatic nitrogens is 4. The summed E-state index contributed by atoms with van der Waals surface area (Å²) in [7, 11) is -3.14. The van der Waals surface area contributed by atoms with Crippen molar-refractivity contribution in [2.45, 2.75) is 18.2 Å². The number of nitrogens with one attached hydrogen (secondary N) is 1. The van der Waals surface area contributed by atoms with Gasteiger partial charge in [0.05, 0.1) is 29.0 Å². The van der Waals surface area contributed by atoms with E-state index in [0.717, 1.165) is 11.6 Å². The third-order valence-electron chi connectivity index (χ3n) is 6.54. The zero-order valence-corrected chi connectivity index (χ0v) is 24.5. The van der Waals surface area contributed by atoms with Crippen molar-refractivity contribution in [3.05, 3.63) is 83.7 Å². The second-order valence-electron chi connectivity index (χ2n) is 9.43. The monoisotopic (exact) mass is 622 g/mol. The summed E-state index contributed by atoms with van der Waals surface area (Å²) >= 11 is 6.00. The van der Waals surface area contributed by atoms with Crippen molar-refractivity contribution in [2.24, 2.45) is 0 Å². The Kier molecular flexibility index (Phi) is 8.46. The second kappa shape index (κ2) is 12.2. The van der Waals surface area contributed by atoms with Crippen LogP contribution in [0.3, 0.4) is 0 Å². The third-order valence-corrected chi connectivity index (χ3v) is 8.41. The van der Waals surface area contributed by atoms with E-state index in [1.54, 1.807) is 17.0 Å². The highest BCUT2D eigenvalue weighted by atomic mass is 35.5. The average molecular weight is 623 g/mol. The zero-order valence-electron chi connectivity index (χ0n) is 22.9. The van der Waals surface area contributed by atoms with Crippen molar-refractivity contribution >= 4 is 55.6 Å². The van der Waals surface area contributed by atoms with Crippen LogP contribution in [0.25, 0.3) is 27.9 Å². The molecule has 4 aromatic rings. The highest BCUT2D eigenvalue weighted by molar-refractivity contribution is 7.92. The molecule has 1 aromatic carbocycles. The number of benzene rings is 1. The molecule has 43 heavy (non-hydrogen) atoms. The van der Waals surface area contributed by atoms with Crippen LogP contribution in [0.1, 0.15) is 19.0 Å². The molecular formula is C29H24ClFN6O5S. The summed E-state index contributed by atoms with van der Waals surface area (Å²) in [6.45, 7) is 2.14. The lowest BCUT2D eigenvalue weighted by Crippen LogP contribution is -2.33. The van der Waals surface area contributed by atoms with Gasteiger partial charge in [0.2, 0.25) is 11.8 Å². The van der Waals surface area contributed by atoms with Crippen molar-refractivity contribution in [3.8, 4) is 17.1 Å². The van der Waals surface area contributed by atoms with Crippen molar-refractivity contribution < 1.29 is 27.1 Å². The highest BCUT2D eigenvalue weighted by Crippen LogP contribution is 2.33. The van der Waals surface area contributed by atoms with Crippen LogP contribution in [0.4, 0.5) is 10.1 Å². The maximum Gasteiger partial charge on any atom is 0.266 e. The van der Waals surface area contributed by atoms with Gasteiger partial charge in [0.25, 0.3) is 10.0 Å². The standard InChI is InChI=1S/C29H24ClFN6O5S/c1-17(38)6-9-25(39)37-12-10-18(11-13-37)26-27-23(33-16-34-26)8-7-22(35-27)19-14-24(29(42-2)32-15-19)36-43(40,41)28-20(30)4-3-5-21(28)31/h3-10,14-16,36H,11-13H2,1-2H3/b9-6+. The number of halogens is 2. The van der Waals surface area contributed by atoms with Crippen LogP contribution >= 0.6 is 11.6 Å². The molecular weight excluding hydrogens is 599 g/mol. The number of allylic oxidation sites excluding steroid dienone is 1. The van der Waals surface area contributed by atoms with E-state index in [9.17, 15) is 22.4 Å². The molecule has 0 bridgehead atoms. The summed E-state index contributed by atoms with van der Waals surface area (Å²) in [4.78, 5) is 42.2. The summed E-state index contributed by atoms with van der Waals surface area (Å²) < 4.78 is 48.2. The van der Waals surface area contributed by atoms with Crippen LogP contribution in [0.2, 0.25) is 5.02 Å². The lowest BCUT2D eigenvalue weighted by molar-refractivity contribution is -0.126. The van der Waals surface area contributed by atoms with Crippen molar-refractivity contribution in [1.29, 1.82) is 0 Å². The van der Waals surface area contributed by atoms with E-state index in [1.165, 1.54) is 56.9 Å². The fourth-order valence-corrected chi connectivity index (χ4v) is 6.13. The number of anilines is 1. The first kappa shape index (κ1) is 29.7. The summed E-state index contributed by atoms with van der Waals surface area (Å²) in [5.41, 5.74) is 3.36. The smallest absolute Gasteiger partial charge is 0.266 e. The molecule has 11 nitrogen and oxygen atoms in total. The second-order valence-corrected chi connectivity index (χ2v) is 11.5. The van der Waals surface area contributed by atoms with E-state index in [0.29, 0.717) is 47.5 Å². The van der Waals surface area contributed by atoms with Gasteiger partial charge in [-0.1, -0.05) is 23.7 Å². The molecule has 0 fully saturated rings. The highest BCUT2D eigenvalue weighted by Gasteiger charge is 2.25. The fourth-order valence-electron chi connectivity index (χ4n) is 4.48. The molecule has 1 aliphatic heterocycles. The first-order valence-electron chi connectivity index (χ1n) is 12.9. The summed E-state index contributed by atoms with van der Waals surface area (Å²) in [6, 6.07) is 8.48. The molecule has 0 atom stereocenters. The first-order chi connectivity index (χ1) is 20.6. The molecule has 5 rings (SSSR count). The summed E-state index contributed by atoms with van der Waals surface area (Å²) in [5, 5.41) is -0.281. The molecule has 0 radical (unpaired) electrons. The number of sulfonamides is 1. The Hall–Kier alpha value is -4.75. The van der Waals surface area contributed by atoms with E-state index in [2.05, 4.69) is 19.7 Å². The molecule has 0 unspecified atom stereocenters. The number of ketones is 1. The molecule has 3 aromatic heterocycles. The molecule has 0 spiro atoms. The van der Waals surface area contributed by atoms with Crippen molar-refractivity contribution in [1.82, 2.24) is 24.8 Å². The fraction of sp³-hybridized carbons (Fsp3) is 0.172. The number of ether oxygens (including phenoxy) is 1. The third kappa shape index (κ3) is 6.37. The normalized spacial score (nSPS) is 13.7. The minimum Gasteiger partial charge on any atom is -0.480 e. The average Bonchev–Trinajstić information content (AvgIpc) is 2.99. The van der Waals surface area contributed by atoms with Gasteiger partial charge in [-0.2, -0.15) is 0 Å². The van der Waals surface area contributed by atoms with Gasteiger partial charge in [-0.25, -0.2) is 32.7 Å². The van der Waals surface area contributed by atoms with E-state index in [-0.39, 0.29) is 28.3 Å². The Balaban J connectivity index is 1.48. The van der Waals surface area contributed by atoms with Crippen LogP contribution in [0, 0.1) is 5.82 Å². The van der Waals surface area contributed by atoms with E-state index >= 15 is 0 Å². The number of hydrogen-bond acceptors (Lipinski definition) is 9. The Morgan fingerprint density at radius 1 is 1.14 bits per heavy atom. The SMILES string of the molecule is COc1ncc(-c2ccc3ncnc(C4=CCN(C(=O)/C=C/C(C)=O)CC4)c3n2)cc1NS(=O)(=O)c1c(F)cccc1Cl. The summed E-state index contributed by atoms with van der Waals surface area (Å²) in [5.74, 6) is -1.52. The number of carbonyl (C=O) groups is 2. The molecule has 0 saturated heterocycles. The van der Waals surface area contributed by atoms with Gasteiger partial charge in [0.1, 0.15) is 28.2 Å². The van der Waals surface area contributed by atoms with Gasteiger partial charge in [0, 0.05) is 30.9 Å². The molecule has 14 heteroatoms. The lowest BCUT2D eigenvalue weighted by Gasteiger charge is -2.25. The van der Waals surface area contributed by atoms with Gasteiger partial charge < -0.3 is 9.64 Å². The van der Waals surface area contributed by atoms with E-state index < -0.39 is 20.7 Å². The number of pyridine rings is 2. The van der Waals surface area contributed by atoms with E-state index in [4.69, 9.17) is 21.3 Å². The van der Waals surface area contributed by atoms with Crippen LogP contribution in [-0.4, -0.2) is 65.1 Å². The van der Waals surface area contributed by atoms with Crippen LogP contribution in [-0.2, 0) is 19.6 Å². The van der Waals surface area contributed by atoms with Crippen molar-refractivity contribution in [2.75, 3.05) is 24.9 Å². The summed E-state index contributed by atoms with van der Waals surface area (Å²) in [6.07, 6.45) is 7.79. The molecule has 220 valence electrons. The Labute approximate surface area is 251 Å². The van der Waals surface area contributed by atoms with Crippen LogP contribution in [0.5, 0.6) is 5.88 Å². The molecule has 0 aliphatic carbocycles. The van der Waals surface area contributed by atoms with Gasteiger partial charge in [-0.05, 0) is 55.3 Å². The molecule has 0 saturated carbocycles. The predicted octanol–water partition coefficient (Wildman–Crippen LogP) is 4.45. The number of hydrogen-bond donors (Lipinski definition) is 1. The van der Waals surface area contributed by atoms with Crippen LogP contribution < -0.4 is 9.46 Å². The zero-order chi connectivity index (χ0) is 30.7. The Morgan fingerprint density at radius 2 is 1.95 bits per heavy atom. The molecule has 1 N–H and O–H groups in total. The minimum atomic E-state index is -4.45. The lowest BCUT2D eigenvalue weighted by atomic mass is 10.0. The van der Waals surface area contributed by atoms with Gasteiger partial charge in [-0.15, -0.1) is 0 Å². The largest absolute Gasteiger partial charge is 0.480 e. The molecule has 1 aliphatic rings. The first-order valence-corrected chi connectivity index (χ1v) is 14.7. The maximum absolute atomic E-state index is 14.4. The molecule has 1 amide bonds. The number of methoxy groups -OCH3 is 1. The van der Waals surface area contributed by atoms with Gasteiger partial charge >= 0.3 is 0 Å². The minimum absolute atomic E-state index is 0.0470. The maximum atomic E-state index is 14.4. The predicted molar refractivity (Wildman–Crippen MR) is 158 cm³/mol. The number of rotatable bonds is 8. The van der Waals surface area contributed by atoms with Crippen molar-refractivity contribution in [3.63, 3.8) is 0 Å². The van der Waals surface area contributed by atoms with Gasteiger partial charge in [0.15, 0.2) is 5.78 Å². The number of fused-ring (bicyclic) bond motifs is 1. The molecule has 4 heterocycles. The number of carbonyl (C=O) groups excluding carboxylic acids is 2. The Bertz CT molecular complexity index is 1910. The Morgan fingerprint density at radius 3 is 2.65 bits per heavy atom. The van der Waals surface area contributed by atoms with Crippen LogP contribution in [0.15, 0.2) is 72.0 Å². The van der Waals surface area contributed by atoms with E-state index in [1.807, 2.05) is 6.08 Å². The number of nitrogens with zero attached hydrogens (tertiary/aromatic N) is 5. The van der Waals surface area contributed by atoms with Gasteiger partial charge in [-0.3, -0.25) is 14.3 Å². The number of amides is 1. The topological polar surface area (TPSA) is 144 Å². The quantitative estimate of drug-likeness (QED) is 0.282.